The Morgan fingerprint density at radius 3 is 2.69 bits per heavy atom. The highest BCUT2D eigenvalue weighted by atomic mass is 127. The fourth-order valence-corrected chi connectivity index (χ4v) is 5.05. The molecule has 0 atom stereocenters. The minimum Gasteiger partial charge on any atom is -0.382 e. The number of nitrogens with zero attached hydrogens (tertiary/aromatic N) is 5. The summed E-state index contributed by atoms with van der Waals surface area (Å²) in [5.41, 5.74) is 8.83. The molecule has 1 aliphatic carbocycles. The minimum atomic E-state index is 0. The highest BCUT2D eigenvalue weighted by Crippen LogP contribution is 2.45. The molecule has 4 rings (SSSR count). The smallest absolute Gasteiger partial charge is 0.193 e. The first-order valence-corrected chi connectivity index (χ1v) is 11.5. The number of halogens is 1. The number of nitrogens with one attached hydrogen (secondary N) is 1. The summed E-state index contributed by atoms with van der Waals surface area (Å²) >= 11 is 0. The normalized spacial score (nSPS) is 17.4. The summed E-state index contributed by atoms with van der Waals surface area (Å²) in [4.78, 5) is 7.33. The number of anilines is 1. The van der Waals surface area contributed by atoms with Crippen molar-refractivity contribution in [1.82, 2.24) is 20.0 Å². The second-order valence-electron chi connectivity index (χ2n) is 8.78. The Labute approximate surface area is 208 Å². The van der Waals surface area contributed by atoms with Crippen LogP contribution in [0.25, 0.3) is 5.69 Å². The summed E-state index contributed by atoms with van der Waals surface area (Å²) in [6.07, 6.45) is 8.28. The van der Waals surface area contributed by atoms with E-state index in [1.807, 2.05) is 30.3 Å². The van der Waals surface area contributed by atoms with E-state index in [2.05, 4.69) is 28.3 Å². The third-order valence-electron chi connectivity index (χ3n) is 6.68. The number of benzene rings is 1. The van der Waals surface area contributed by atoms with Crippen molar-refractivity contribution in [2.45, 2.75) is 51.9 Å². The van der Waals surface area contributed by atoms with Crippen LogP contribution in [0.3, 0.4) is 0 Å². The average molecular weight is 547 g/mol. The first-order chi connectivity index (χ1) is 15.2. The van der Waals surface area contributed by atoms with E-state index in [4.69, 9.17) is 10.7 Å². The van der Waals surface area contributed by atoms with Gasteiger partial charge in [-0.15, -0.1) is 24.0 Å². The van der Waals surface area contributed by atoms with Gasteiger partial charge in [-0.3, -0.25) is 4.99 Å². The molecule has 1 spiro atoms. The Hall–Kier alpha value is -2.28. The SMILES string of the molecule is CCNC(=NCCCc1nn(-c2ccccc2)c(N)c1C#N)N1CCC2(CCCC2)C1.I. The monoisotopic (exact) mass is 547 g/mol. The van der Waals surface area contributed by atoms with E-state index in [-0.39, 0.29) is 24.0 Å². The zero-order valence-electron chi connectivity index (χ0n) is 18.9. The van der Waals surface area contributed by atoms with Crippen LogP contribution < -0.4 is 11.1 Å². The van der Waals surface area contributed by atoms with Crippen LogP contribution in [0.15, 0.2) is 35.3 Å². The van der Waals surface area contributed by atoms with Crippen molar-refractivity contribution in [2.75, 3.05) is 31.9 Å². The predicted octanol–water partition coefficient (Wildman–Crippen LogP) is 4.11. The molecule has 2 fully saturated rings. The molecule has 0 unspecified atom stereocenters. The van der Waals surface area contributed by atoms with Crippen LogP contribution in [0.5, 0.6) is 0 Å². The van der Waals surface area contributed by atoms with E-state index in [0.717, 1.165) is 43.4 Å². The van der Waals surface area contributed by atoms with Gasteiger partial charge in [0.05, 0.1) is 11.4 Å². The summed E-state index contributed by atoms with van der Waals surface area (Å²) in [7, 11) is 0. The minimum absolute atomic E-state index is 0. The van der Waals surface area contributed by atoms with Crippen molar-refractivity contribution in [3.63, 3.8) is 0 Å². The standard InChI is InChI=1S/C24H33N7.HI/c1-2-27-23(30-16-14-24(18-30)12-6-7-13-24)28-15-8-11-21-20(17-25)22(26)31(29-21)19-9-4-3-5-10-19;/h3-5,9-10H,2,6-8,11-16,18,26H2,1H3,(H,27,28);1H. The number of hydrogen-bond donors (Lipinski definition) is 2. The number of nitrogens with two attached hydrogens (primary N) is 1. The van der Waals surface area contributed by atoms with Gasteiger partial charge in [0.25, 0.3) is 0 Å². The molecule has 1 aromatic carbocycles. The van der Waals surface area contributed by atoms with E-state index < -0.39 is 0 Å². The van der Waals surface area contributed by atoms with Gasteiger partial charge in [-0.25, -0.2) is 4.68 Å². The van der Waals surface area contributed by atoms with Gasteiger partial charge in [0, 0.05) is 26.2 Å². The molecule has 2 aliphatic rings. The number of nitrogen functional groups attached to an aromatic ring is 1. The molecule has 1 saturated carbocycles. The maximum absolute atomic E-state index is 9.59. The van der Waals surface area contributed by atoms with Crippen LogP contribution in [-0.2, 0) is 6.42 Å². The predicted molar refractivity (Wildman–Crippen MR) is 139 cm³/mol. The number of aryl methyl sites for hydroxylation is 1. The molecule has 1 aliphatic heterocycles. The summed E-state index contributed by atoms with van der Waals surface area (Å²) in [5.74, 6) is 1.43. The topological polar surface area (TPSA) is 95.3 Å². The maximum Gasteiger partial charge on any atom is 0.193 e. The molecular formula is C24H34IN7. The highest BCUT2D eigenvalue weighted by molar-refractivity contribution is 14.0. The third-order valence-corrected chi connectivity index (χ3v) is 6.68. The molecule has 1 saturated heterocycles. The Bertz CT molecular complexity index is 955. The number of likely N-dealkylation sites (tertiary alicyclic amines) is 1. The summed E-state index contributed by atoms with van der Waals surface area (Å²) in [6.45, 7) is 5.93. The zero-order chi connectivity index (χ0) is 21.7. The fraction of sp³-hybridized carbons (Fsp3) is 0.542. The van der Waals surface area contributed by atoms with E-state index in [1.54, 1.807) is 4.68 Å². The van der Waals surface area contributed by atoms with Crippen LogP contribution in [0.1, 0.15) is 56.7 Å². The first-order valence-electron chi connectivity index (χ1n) is 11.5. The van der Waals surface area contributed by atoms with Crippen molar-refractivity contribution in [3.8, 4) is 11.8 Å². The lowest BCUT2D eigenvalue weighted by Crippen LogP contribution is -2.41. The van der Waals surface area contributed by atoms with Gasteiger partial charge in [-0.2, -0.15) is 10.4 Å². The van der Waals surface area contributed by atoms with E-state index in [0.29, 0.717) is 29.8 Å². The fourth-order valence-electron chi connectivity index (χ4n) is 5.05. The molecule has 0 bridgehead atoms. The van der Waals surface area contributed by atoms with Crippen molar-refractivity contribution in [3.05, 3.63) is 41.6 Å². The molecule has 1 aromatic heterocycles. The van der Waals surface area contributed by atoms with Gasteiger partial charge < -0.3 is 16.0 Å². The van der Waals surface area contributed by atoms with Gasteiger partial charge in [0.2, 0.25) is 0 Å². The largest absolute Gasteiger partial charge is 0.382 e. The number of aromatic nitrogens is 2. The van der Waals surface area contributed by atoms with E-state index in [1.165, 1.54) is 32.1 Å². The van der Waals surface area contributed by atoms with Gasteiger partial charge in [-0.05, 0) is 56.6 Å². The Morgan fingerprint density at radius 1 is 1.25 bits per heavy atom. The highest BCUT2D eigenvalue weighted by Gasteiger charge is 2.41. The van der Waals surface area contributed by atoms with Crippen molar-refractivity contribution >= 4 is 35.8 Å². The number of aliphatic imine (C=N–C) groups is 1. The Balaban J connectivity index is 0.00000289. The Morgan fingerprint density at radius 2 is 2.00 bits per heavy atom. The third kappa shape index (κ3) is 5.20. The molecule has 32 heavy (non-hydrogen) atoms. The number of para-hydroxylation sites is 1. The second kappa shape index (κ2) is 11.0. The quantitative estimate of drug-likeness (QED) is 0.246. The van der Waals surface area contributed by atoms with Crippen molar-refractivity contribution < 1.29 is 0 Å². The van der Waals surface area contributed by atoms with Crippen LogP contribution >= 0.6 is 24.0 Å². The summed E-state index contributed by atoms with van der Waals surface area (Å²) in [5, 5.41) is 17.7. The molecule has 7 nitrogen and oxygen atoms in total. The second-order valence-corrected chi connectivity index (χ2v) is 8.78. The molecule has 0 radical (unpaired) electrons. The van der Waals surface area contributed by atoms with E-state index in [9.17, 15) is 5.26 Å². The summed E-state index contributed by atoms with van der Waals surface area (Å²) < 4.78 is 1.66. The van der Waals surface area contributed by atoms with Gasteiger partial charge in [-0.1, -0.05) is 31.0 Å². The zero-order valence-corrected chi connectivity index (χ0v) is 21.2. The molecule has 3 N–H and O–H groups in total. The lowest BCUT2D eigenvalue weighted by atomic mass is 9.86. The van der Waals surface area contributed by atoms with Gasteiger partial charge in [0.1, 0.15) is 17.5 Å². The maximum atomic E-state index is 9.59. The molecule has 2 heterocycles. The summed E-state index contributed by atoms with van der Waals surface area (Å²) in [6, 6.07) is 11.9. The molecule has 0 amide bonds. The van der Waals surface area contributed by atoms with Crippen LogP contribution in [0, 0.1) is 16.7 Å². The average Bonchev–Trinajstić information content (AvgIpc) is 3.51. The number of guanidine groups is 1. The van der Waals surface area contributed by atoms with Crippen molar-refractivity contribution in [2.24, 2.45) is 10.4 Å². The lowest BCUT2D eigenvalue weighted by Gasteiger charge is -2.26. The first kappa shape index (κ1) is 24.4. The molecule has 172 valence electrons. The Kier molecular flexibility index (Phi) is 8.40. The molecule has 2 aromatic rings. The molecular weight excluding hydrogens is 513 g/mol. The van der Waals surface area contributed by atoms with Crippen molar-refractivity contribution in [1.29, 1.82) is 5.26 Å². The van der Waals surface area contributed by atoms with Gasteiger partial charge >= 0.3 is 0 Å². The van der Waals surface area contributed by atoms with Gasteiger partial charge in [0.15, 0.2) is 5.96 Å². The van der Waals surface area contributed by atoms with E-state index >= 15 is 0 Å². The molecule has 8 heteroatoms. The number of hydrogen-bond acceptors (Lipinski definition) is 4. The van der Waals surface area contributed by atoms with Crippen LogP contribution in [-0.4, -0.2) is 46.8 Å². The van der Waals surface area contributed by atoms with Crippen LogP contribution in [0.4, 0.5) is 5.82 Å². The lowest BCUT2D eigenvalue weighted by molar-refractivity contribution is 0.309. The number of nitriles is 1. The number of rotatable bonds is 6. The van der Waals surface area contributed by atoms with Crippen LogP contribution in [0.2, 0.25) is 0 Å².